The first kappa shape index (κ1) is 38.6. The summed E-state index contributed by atoms with van der Waals surface area (Å²) < 4.78 is 41.3. The second-order valence-corrected chi connectivity index (χ2v) is 17.7. The van der Waals surface area contributed by atoms with E-state index in [1.807, 2.05) is 9.80 Å². The van der Waals surface area contributed by atoms with Gasteiger partial charge in [0.25, 0.3) is 5.91 Å². The van der Waals surface area contributed by atoms with Gasteiger partial charge in [-0.05, 0) is 88.7 Å². The second kappa shape index (κ2) is 16.2. The van der Waals surface area contributed by atoms with E-state index in [2.05, 4.69) is 37.5 Å². The number of nitrogens with zero attached hydrogens (tertiary/aromatic N) is 5. The van der Waals surface area contributed by atoms with Crippen LogP contribution in [0.2, 0.25) is 0 Å². The van der Waals surface area contributed by atoms with Gasteiger partial charge in [-0.25, -0.2) is 8.78 Å². The number of carbonyl (C=O) groups is 3. The van der Waals surface area contributed by atoms with E-state index in [9.17, 15) is 14.0 Å². The number of halogens is 2. The van der Waals surface area contributed by atoms with Crippen LogP contribution in [0.25, 0.3) is 0 Å². The normalized spacial score (nSPS) is 30.7. The van der Waals surface area contributed by atoms with Crippen molar-refractivity contribution in [3.05, 3.63) is 35.4 Å². The zero-order chi connectivity index (χ0) is 37.4. The summed E-state index contributed by atoms with van der Waals surface area (Å²) in [6, 6.07) is 3.19. The molecule has 0 unspecified atom stereocenters. The summed E-state index contributed by atoms with van der Waals surface area (Å²) in [7, 11) is 0. The highest BCUT2D eigenvalue weighted by atomic mass is 19.1. The molecule has 3 amide bonds. The molecule has 1 aromatic carbocycles. The Balaban J connectivity index is 1.21. The molecule has 0 aromatic heterocycles. The average Bonchev–Trinajstić information content (AvgIpc) is 3.93. The highest BCUT2D eigenvalue weighted by Gasteiger charge is 2.52. The first-order chi connectivity index (χ1) is 25.4. The van der Waals surface area contributed by atoms with Gasteiger partial charge in [-0.2, -0.15) is 0 Å². The summed E-state index contributed by atoms with van der Waals surface area (Å²) in [5.74, 6) is -2.68. The Morgan fingerprint density at radius 2 is 1.58 bits per heavy atom. The first-order valence-electron chi connectivity index (χ1n) is 20.4. The Morgan fingerprint density at radius 3 is 2.23 bits per heavy atom. The topological polar surface area (TPSA) is 85.9 Å². The van der Waals surface area contributed by atoms with Crippen molar-refractivity contribution >= 4 is 17.7 Å². The zero-order valence-electron chi connectivity index (χ0n) is 32.3. The molecule has 5 heterocycles. The van der Waals surface area contributed by atoms with Crippen molar-refractivity contribution in [2.75, 3.05) is 65.6 Å². The maximum atomic E-state index is 15.6. The highest BCUT2D eigenvalue weighted by molar-refractivity contribution is 5.91. The lowest BCUT2D eigenvalue weighted by atomic mass is 9.75. The molecule has 0 spiro atoms. The van der Waals surface area contributed by atoms with Gasteiger partial charge in [-0.1, -0.05) is 19.9 Å². The predicted octanol–water partition coefficient (Wildman–Crippen LogP) is 4.66. The summed E-state index contributed by atoms with van der Waals surface area (Å²) >= 11 is 0. The molecule has 0 radical (unpaired) electrons. The van der Waals surface area contributed by atoms with Crippen LogP contribution in [-0.4, -0.2) is 144 Å². The van der Waals surface area contributed by atoms with Crippen molar-refractivity contribution < 1.29 is 32.6 Å². The molecule has 6 aliphatic rings. The largest absolute Gasteiger partial charge is 0.381 e. The molecule has 12 heteroatoms. The van der Waals surface area contributed by atoms with Crippen LogP contribution in [0.3, 0.4) is 0 Å². The fraction of sp³-hybridized carbons (Fsp3) is 0.780. The fourth-order valence-electron chi connectivity index (χ4n) is 10.2. The number of amides is 3. The van der Waals surface area contributed by atoms with E-state index in [-0.39, 0.29) is 47.8 Å². The number of hydrogen-bond donors (Lipinski definition) is 0. The van der Waals surface area contributed by atoms with Crippen LogP contribution in [0.15, 0.2) is 18.2 Å². The van der Waals surface area contributed by atoms with E-state index >= 15 is 9.18 Å². The molecule has 294 valence electrons. The summed E-state index contributed by atoms with van der Waals surface area (Å²) in [5.41, 5.74) is 0.537. The third-order valence-electron chi connectivity index (χ3n) is 13.5. The molecule has 0 bridgehead atoms. The molecule has 10 nitrogen and oxygen atoms in total. The number of hydrogen-bond acceptors (Lipinski definition) is 7. The van der Waals surface area contributed by atoms with Gasteiger partial charge in [0.2, 0.25) is 11.8 Å². The minimum atomic E-state index is -0.728. The molecule has 5 aliphatic heterocycles. The van der Waals surface area contributed by atoms with E-state index in [1.54, 1.807) is 4.90 Å². The minimum absolute atomic E-state index is 0.0129. The molecular weight excluding hydrogens is 680 g/mol. The smallest absolute Gasteiger partial charge is 0.252 e. The molecule has 0 N–H and O–H groups in total. The SMILES string of the molecule is CC(C)N1CCN(C(=O)[C@H]2C[C@H](N(C(=O)[C@@H]3CCCO3)C3CCC(C)(C)CC3)CN2C(=O)[C@@H]2CN(C3CCOCC3)C[C@H]2c2ccc(F)cc2F)CC1. The molecular formula is C41H61F2N5O5. The fourth-order valence-corrected chi connectivity index (χ4v) is 10.2. The van der Waals surface area contributed by atoms with Crippen LogP contribution in [-0.2, 0) is 23.9 Å². The van der Waals surface area contributed by atoms with Gasteiger partial charge in [-0.3, -0.25) is 24.2 Å². The molecule has 7 rings (SSSR count). The van der Waals surface area contributed by atoms with Gasteiger partial charge < -0.3 is 24.2 Å². The van der Waals surface area contributed by atoms with Gasteiger partial charge in [-0.15, -0.1) is 0 Å². The number of benzene rings is 1. The van der Waals surface area contributed by atoms with Crippen molar-refractivity contribution in [1.29, 1.82) is 0 Å². The molecule has 5 atom stereocenters. The van der Waals surface area contributed by atoms with E-state index in [0.717, 1.165) is 64.1 Å². The van der Waals surface area contributed by atoms with E-state index in [4.69, 9.17) is 9.47 Å². The third kappa shape index (κ3) is 8.31. The Kier molecular flexibility index (Phi) is 11.8. The minimum Gasteiger partial charge on any atom is -0.381 e. The number of ether oxygens (including phenoxy) is 2. The lowest BCUT2D eigenvalue weighted by Crippen LogP contribution is -2.56. The Bertz CT molecular complexity index is 1460. The quantitative estimate of drug-likeness (QED) is 0.384. The van der Waals surface area contributed by atoms with E-state index < -0.39 is 35.6 Å². The Labute approximate surface area is 314 Å². The van der Waals surface area contributed by atoms with Crippen LogP contribution >= 0.6 is 0 Å². The third-order valence-corrected chi connectivity index (χ3v) is 13.5. The average molecular weight is 742 g/mol. The van der Waals surface area contributed by atoms with Crippen molar-refractivity contribution in [1.82, 2.24) is 24.5 Å². The Morgan fingerprint density at radius 1 is 0.868 bits per heavy atom. The number of likely N-dealkylation sites (tertiary alicyclic amines) is 2. The number of rotatable bonds is 8. The highest BCUT2D eigenvalue weighted by Crippen LogP contribution is 2.42. The molecule has 1 saturated carbocycles. The maximum absolute atomic E-state index is 15.6. The Hall–Kier alpha value is -2.67. The molecule has 1 aromatic rings. The maximum Gasteiger partial charge on any atom is 0.252 e. The van der Waals surface area contributed by atoms with Gasteiger partial charge in [0.15, 0.2) is 0 Å². The van der Waals surface area contributed by atoms with Crippen molar-refractivity contribution in [3.8, 4) is 0 Å². The lowest BCUT2D eigenvalue weighted by molar-refractivity contribution is -0.148. The van der Waals surface area contributed by atoms with Crippen LogP contribution in [0.4, 0.5) is 8.78 Å². The van der Waals surface area contributed by atoms with Gasteiger partial charge in [0.05, 0.1) is 12.0 Å². The number of carbonyl (C=O) groups excluding carboxylic acids is 3. The van der Waals surface area contributed by atoms with Gasteiger partial charge in [0, 0.05) is 95.7 Å². The summed E-state index contributed by atoms with van der Waals surface area (Å²) in [4.78, 5) is 54.7. The van der Waals surface area contributed by atoms with Crippen molar-refractivity contribution in [2.45, 2.75) is 128 Å². The summed E-state index contributed by atoms with van der Waals surface area (Å²) in [6.07, 6.45) is 6.80. The van der Waals surface area contributed by atoms with Crippen molar-refractivity contribution in [3.63, 3.8) is 0 Å². The number of piperazine rings is 1. The zero-order valence-corrected chi connectivity index (χ0v) is 32.3. The van der Waals surface area contributed by atoms with E-state index in [0.29, 0.717) is 70.4 Å². The van der Waals surface area contributed by atoms with Gasteiger partial charge >= 0.3 is 0 Å². The first-order valence-corrected chi connectivity index (χ1v) is 20.4. The van der Waals surface area contributed by atoms with Gasteiger partial charge in [0.1, 0.15) is 23.8 Å². The summed E-state index contributed by atoms with van der Waals surface area (Å²) in [5, 5.41) is 0. The summed E-state index contributed by atoms with van der Waals surface area (Å²) in [6.45, 7) is 14.6. The molecule has 53 heavy (non-hydrogen) atoms. The predicted molar refractivity (Wildman–Crippen MR) is 197 cm³/mol. The van der Waals surface area contributed by atoms with E-state index in [1.165, 1.54) is 12.1 Å². The molecule has 6 fully saturated rings. The van der Waals surface area contributed by atoms with Crippen LogP contribution in [0.1, 0.15) is 97.0 Å². The van der Waals surface area contributed by atoms with Crippen LogP contribution < -0.4 is 0 Å². The lowest BCUT2D eigenvalue weighted by Gasteiger charge is -2.43. The monoisotopic (exact) mass is 741 g/mol. The second-order valence-electron chi connectivity index (χ2n) is 17.7. The molecule has 1 aliphatic carbocycles. The molecule has 5 saturated heterocycles. The van der Waals surface area contributed by atoms with Crippen LogP contribution in [0, 0.1) is 23.0 Å². The van der Waals surface area contributed by atoms with Crippen molar-refractivity contribution in [2.24, 2.45) is 11.3 Å². The van der Waals surface area contributed by atoms with Crippen LogP contribution in [0.5, 0.6) is 0 Å². The standard InChI is InChI=1S/C41H61F2N5O5/c1-27(2)44-15-17-45(18-16-44)39(50)36-23-31(48(40(51)37-6-5-19-53-37)30-9-13-41(3,4)14-10-30)24-47(36)38(49)34-26-46(29-11-20-52-21-12-29)25-33(34)32-8-7-28(42)22-35(32)43/h7-8,22,27,29-31,33-34,36-37H,5-6,9-21,23-26H2,1-4H3/t31-,33-,34+,36+,37-/m0/s1.